The van der Waals surface area contributed by atoms with Crippen molar-refractivity contribution in [1.82, 2.24) is 10.3 Å². The Morgan fingerprint density at radius 1 is 1.36 bits per heavy atom. The van der Waals surface area contributed by atoms with Crippen LogP contribution in [0.3, 0.4) is 0 Å². The summed E-state index contributed by atoms with van der Waals surface area (Å²) < 4.78 is 24.6. The van der Waals surface area contributed by atoms with Crippen molar-refractivity contribution in [2.24, 2.45) is 0 Å². The molecule has 0 aromatic carbocycles. The second-order valence-electron chi connectivity index (χ2n) is 6.41. The highest BCUT2D eigenvalue weighted by molar-refractivity contribution is 14.1. The van der Waals surface area contributed by atoms with Crippen LogP contribution in [0.1, 0.15) is 46.4 Å². The van der Waals surface area contributed by atoms with Crippen molar-refractivity contribution in [3.63, 3.8) is 0 Å². The molecule has 1 aromatic heterocycles. The van der Waals surface area contributed by atoms with Gasteiger partial charge in [0.2, 0.25) is 0 Å². The molecule has 0 fully saturated rings. The number of amides is 1. The fourth-order valence-electron chi connectivity index (χ4n) is 1.73. The van der Waals surface area contributed by atoms with Crippen molar-refractivity contribution in [1.29, 1.82) is 0 Å². The van der Waals surface area contributed by atoms with Gasteiger partial charge in [-0.15, -0.1) is 0 Å². The summed E-state index contributed by atoms with van der Waals surface area (Å²) in [4.78, 5) is 16.1. The Morgan fingerprint density at radius 2 is 1.95 bits per heavy atom. The lowest BCUT2D eigenvalue weighted by atomic mass is 9.95. The van der Waals surface area contributed by atoms with E-state index in [1.165, 1.54) is 7.11 Å². The molecule has 0 unspecified atom stereocenters. The van der Waals surface area contributed by atoms with Crippen LogP contribution in [0.5, 0.6) is 0 Å². The number of nitrogens with one attached hydrogen (secondary N) is 1. The van der Waals surface area contributed by atoms with Crippen LogP contribution < -0.4 is 5.32 Å². The molecule has 1 atom stereocenters. The summed E-state index contributed by atoms with van der Waals surface area (Å²) in [5.41, 5.74) is -0.857. The van der Waals surface area contributed by atoms with E-state index < -0.39 is 29.2 Å². The Morgan fingerprint density at radius 3 is 2.41 bits per heavy atom. The number of alkyl carbamates (subject to hydrolysis) is 1. The lowest BCUT2D eigenvalue weighted by Crippen LogP contribution is -2.45. The number of nitrogens with zero attached hydrogens (tertiary/aromatic N) is 1. The van der Waals surface area contributed by atoms with Crippen LogP contribution in [0.4, 0.5) is 9.18 Å². The molecule has 7 heteroatoms. The summed E-state index contributed by atoms with van der Waals surface area (Å²) in [6.07, 6.45) is 0.552. The molecular weight excluding hydrogens is 402 g/mol. The Bertz CT molecular complexity index is 544. The molecular formula is C15H22FIN2O3. The lowest BCUT2D eigenvalue weighted by molar-refractivity contribution is -0.0182. The van der Waals surface area contributed by atoms with E-state index >= 15 is 0 Å². The topological polar surface area (TPSA) is 60.5 Å². The van der Waals surface area contributed by atoms with E-state index in [0.29, 0.717) is 9.26 Å². The highest BCUT2D eigenvalue weighted by Gasteiger charge is 2.35. The fourth-order valence-corrected chi connectivity index (χ4v) is 2.19. The van der Waals surface area contributed by atoms with E-state index in [-0.39, 0.29) is 0 Å². The number of halogens is 2. The van der Waals surface area contributed by atoms with Gasteiger partial charge in [0, 0.05) is 7.11 Å². The van der Waals surface area contributed by atoms with Crippen LogP contribution in [0, 0.1) is 9.39 Å². The smallest absolute Gasteiger partial charge is 0.408 e. The molecule has 1 aromatic rings. The first-order valence-corrected chi connectivity index (χ1v) is 7.90. The first-order chi connectivity index (χ1) is 9.96. The van der Waals surface area contributed by atoms with Crippen LogP contribution in [0.25, 0.3) is 0 Å². The van der Waals surface area contributed by atoms with Crippen molar-refractivity contribution in [3.05, 3.63) is 27.3 Å². The van der Waals surface area contributed by atoms with Gasteiger partial charge in [0.25, 0.3) is 0 Å². The molecule has 0 aliphatic carbocycles. The maximum atomic E-state index is 13.4. The van der Waals surface area contributed by atoms with E-state index in [4.69, 9.17) is 9.47 Å². The predicted octanol–water partition coefficient (Wildman–Crippen LogP) is 3.82. The molecule has 0 aliphatic rings. The molecule has 0 aliphatic heterocycles. The maximum Gasteiger partial charge on any atom is 0.408 e. The van der Waals surface area contributed by atoms with Crippen molar-refractivity contribution >= 4 is 28.7 Å². The minimum absolute atomic E-state index is 0.407. The summed E-state index contributed by atoms with van der Waals surface area (Å²) in [7, 11) is 1.54. The first kappa shape index (κ1) is 19.1. The Hall–Kier alpha value is -0.960. The number of aromatic nitrogens is 1. The summed E-state index contributed by atoms with van der Waals surface area (Å²) in [5.74, 6) is -0.407. The highest BCUT2D eigenvalue weighted by Crippen LogP contribution is 2.29. The maximum absolute atomic E-state index is 13.4. The van der Waals surface area contributed by atoms with Crippen LogP contribution in [0.15, 0.2) is 12.3 Å². The van der Waals surface area contributed by atoms with E-state index in [1.54, 1.807) is 26.8 Å². The fraction of sp³-hybridized carbons (Fsp3) is 0.600. The third-order valence-corrected chi connectivity index (χ3v) is 3.83. The lowest BCUT2D eigenvalue weighted by Gasteiger charge is -2.34. The molecule has 0 spiro atoms. The molecule has 124 valence electrons. The number of carbonyl (C=O) groups excluding carboxylic acids is 1. The van der Waals surface area contributed by atoms with Gasteiger partial charge in [-0.1, -0.05) is 0 Å². The third-order valence-electron chi connectivity index (χ3n) is 3.01. The molecule has 0 saturated carbocycles. The second kappa shape index (κ2) is 7.08. The average Bonchev–Trinajstić information content (AvgIpc) is 2.37. The molecule has 0 saturated heterocycles. The van der Waals surface area contributed by atoms with Crippen molar-refractivity contribution in [2.75, 3.05) is 7.11 Å². The average molecular weight is 424 g/mol. The van der Waals surface area contributed by atoms with Crippen LogP contribution in [0.2, 0.25) is 0 Å². The highest BCUT2D eigenvalue weighted by atomic mass is 127. The summed E-state index contributed by atoms with van der Waals surface area (Å²) >= 11 is 1.88. The van der Waals surface area contributed by atoms with Gasteiger partial charge in [-0.3, -0.25) is 4.98 Å². The van der Waals surface area contributed by atoms with Gasteiger partial charge in [0.05, 0.1) is 21.1 Å². The minimum Gasteiger partial charge on any atom is -0.444 e. The largest absolute Gasteiger partial charge is 0.444 e. The van der Waals surface area contributed by atoms with E-state index in [9.17, 15) is 9.18 Å². The quantitative estimate of drug-likeness (QED) is 0.747. The van der Waals surface area contributed by atoms with Gasteiger partial charge in [-0.05, 0) is 63.3 Å². The van der Waals surface area contributed by atoms with Crippen LogP contribution >= 0.6 is 22.6 Å². The van der Waals surface area contributed by atoms with Gasteiger partial charge >= 0.3 is 6.09 Å². The Labute approximate surface area is 144 Å². The molecule has 1 heterocycles. The van der Waals surface area contributed by atoms with Gasteiger partial charge < -0.3 is 14.8 Å². The van der Waals surface area contributed by atoms with Gasteiger partial charge in [-0.25, -0.2) is 9.18 Å². The van der Waals surface area contributed by atoms with Crippen LogP contribution in [-0.2, 0) is 9.47 Å². The number of hydrogen-bond donors (Lipinski definition) is 1. The first-order valence-electron chi connectivity index (χ1n) is 6.82. The zero-order valence-corrected chi connectivity index (χ0v) is 15.8. The zero-order valence-electron chi connectivity index (χ0n) is 13.7. The van der Waals surface area contributed by atoms with Crippen molar-refractivity contribution in [3.8, 4) is 0 Å². The Balaban J connectivity index is 3.09. The van der Waals surface area contributed by atoms with Gasteiger partial charge in [0.15, 0.2) is 5.82 Å². The van der Waals surface area contributed by atoms with Crippen molar-refractivity contribution in [2.45, 2.75) is 51.9 Å². The second-order valence-corrected chi connectivity index (χ2v) is 7.57. The third kappa shape index (κ3) is 5.35. The number of rotatable bonds is 4. The van der Waals surface area contributed by atoms with E-state index in [2.05, 4.69) is 10.3 Å². The SMILES string of the molecule is COC(C)(C)[C@H](NC(=O)OC(C)(C)C)c1cc(I)c(F)cn1. The number of carbonyl (C=O) groups is 1. The molecule has 1 amide bonds. The normalized spacial score (nSPS) is 13.6. The minimum atomic E-state index is -0.745. The van der Waals surface area contributed by atoms with E-state index in [0.717, 1.165) is 6.20 Å². The summed E-state index contributed by atoms with van der Waals surface area (Å²) in [6.45, 7) is 8.96. The monoisotopic (exact) mass is 424 g/mol. The summed E-state index contributed by atoms with van der Waals surface area (Å²) in [6, 6.07) is 1.00. The number of methoxy groups -OCH3 is 1. The molecule has 22 heavy (non-hydrogen) atoms. The standard InChI is InChI=1S/C15H22FIN2O3/c1-14(2,3)22-13(20)19-12(15(4,5)21-6)11-7-10(17)9(16)8-18-11/h7-8,12H,1-6H3,(H,19,20)/t12-/m1/s1. The zero-order chi connectivity index (χ0) is 17.1. The molecule has 1 N–H and O–H groups in total. The predicted molar refractivity (Wildman–Crippen MR) is 90.1 cm³/mol. The number of pyridine rings is 1. The number of hydrogen-bond acceptors (Lipinski definition) is 4. The molecule has 1 rings (SSSR count). The molecule has 0 radical (unpaired) electrons. The Kier molecular flexibility index (Phi) is 6.14. The molecule has 0 bridgehead atoms. The van der Waals surface area contributed by atoms with Gasteiger partial charge in [-0.2, -0.15) is 0 Å². The van der Waals surface area contributed by atoms with E-state index in [1.807, 2.05) is 36.4 Å². The van der Waals surface area contributed by atoms with Crippen molar-refractivity contribution < 1.29 is 18.7 Å². The van der Waals surface area contributed by atoms with Gasteiger partial charge in [0.1, 0.15) is 11.6 Å². The molecule has 5 nitrogen and oxygen atoms in total. The van der Waals surface area contributed by atoms with Crippen LogP contribution in [-0.4, -0.2) is 29.4 Å². The number of ether oxygens (including phenoxy) is 2. The summed E-state index contributed by atoms with van der Waals surface area (Å²) in [5, 5.41) is 2.75.